The van der Waals surface area contributed by atoms with Crippen LogP contribution in [-0.2, 0) is 6.54 Å². The molecule has 1 aliphatic rings. The Morgan fingerprint density at radius 2 is 1.86 bits per heavy atom. The van der Waals surface area contributed by atoms with Crippen LogP contribution in [0.25, 0.3) is 10.9 Å². The first-order valence-corrected chi connectivity index (χ1v) is 8.67. The number of rotatable bonds is 4. The molecular formula is C17H22Cl2N2. The van der Waals surface area contributed by atoms with Gasteiger partial charge in [-0.1, -0.05) is 48.9 Å². The Morgan fingerprint density at radius 3 is 2.62 bits per heavy atom. The molecule has 0 amide bonds. The molecule has 3 rings (SSSR count). The van der Waals surface area contributed by atoms with E-state index in [2.05, 4.69) is 22.1 Å². The van der Waals surface area contributed by atoms with Crippen molar-refractivity contribution in [2.75, 3.05) is 6.54 Å². The lowest BCUT2D eigenvalue weighted by molar-refractivity contribution is 0.447. The maximum atomic E-state index is 6.24. The van der Waals surface area contributed by atoms with Crippen LogP contribution in [0.4, 0.5) is 0 Å². The predicted molar refractivity (Wildman–Crippen MR) is 91.5 cm³/mol. The van der Waals surface area contributed by atoms with Crippen molar-refractivity contribution in [1.82, 2.24) is 9.88 Å². The van der Waals surface area contributed by atoms with Crippen molar-refractivity contribution in [3.8, 4) is 0 Å². The fourth-order valence-electron chi connectivity index (χ4n) is 3.29. The van der Waals surface area contributed by atoms with E-state index in [1.54, 1.807) is 6.07 Å². The molecule has 1 aromatic heterocycles. The number of nitrogens with zero attached hydrogens (tertiary/aromatic N) is 1. The van der Waals surface area contributed by atoms with Gasteiger partial charge < -0.3 is 9.88 Å². The van der Waals surface area contributed by atoms with Crippen LogP contribution < -0.4 is 5.32 Å². The molecule has 1 fully saturated rings. The first-order valence-electron chi connectivity index (χ1n) is 7.91. The summed E-state index contributed by atoms with van der Waals surface area (Å²) in [6.07, 6.45) is 10.3. The number of halogens is 2. The average molecular weight is 325 g/mol. The number of aromatic nitrogens is 1. The molecule has 0 aliphatic heterocycles. The Morgan fingerprint density at radius 1 is 1.10 bits per heavy atom. The first-order chi connectivity index (χ1) is 10.2. The molecular weight excluding hydrogens is 303 g/mol. The number of hydrogen-bond donors (Lipinski definition) is 1. The van der Waals surface area contributed by atoms with E-state index in [9.17, 15) is 0 Å². The maximum Gasteiger partial charge on any atom is 0.0514 e. The zero-order valence-corrected chi connectivity index (χ0v) is 13.8. The van der Waals surface area contributed by atoms with Crippen molar-refractivity contribution in [2.45, 2.75) is 51.1 Å². The van der Waals surface area contributed by atoms with Crippen LogP contribution in [-0.4, -0.2) is 17.2 Å². The van der Waals surface area contributed by atoms with Crippen LogP contribution >= 0.6 is 23.2 Å². The summed E-state index contributed by atoms with van der Waals surface area (Å²) in [4.78, 5) is 0. The van der Waals surface area contributed by atoms with Gasteiger partial charge in [-0.3, -0.25) is 0 Å². The Hall–Kier alpha value is -0.700. The zero-order valence-electron chi connectivity index (χ0n) is 12.2. The normalized spacial score (nSPS) is 17.2. The highest BCUT2D eigenvalue weighted by Gasteiger charge is 2.11. The lowest BCUT2D eigenvalue weighted by atomic mass is 10.1. The van der Waals surface area contributed by atoms with Gasteiger partial charge in [-0.2, -0.15) is 0 Å². The summed E-state index contributed by atoms with van der Waals surface area (Å²) < 4.78 is 2.23. The largest absolute Gasteiger partial charge is 0.346 e. The first kappa shape index (κ1) is 15.2. The van der Waals surface area contributed by atoms with E-state index in [1.165, 1.54) is 38.5 Å². The van der Waals surface area contributed by atoms with E-state index in [0.717, 1.165) is 29.0 Å². The number of hydrogen-bond acceptors (Lipinski definition) is 1. The fraction of sp³-hybridized carbons (Fsp3) is 0.529. The van der Waals surface area contributed by atoms with Gasteiger partial charge in [-0.05, 0) is 31.0 Å². The third-order valence-electron chi connectivity index (χ3n) is 4.44. The van der Waals surface area contributed by atoms with Gasteiger partial charge in [0.25, 0.3) is 0 Å². The highest BCUT2D eigenvalue weighted by Crippen LogP contribution is 2.28. The van der Waals surface area contributed by atoms with E-state index in [0.29, 0.717) is 11.1 Å². The number of fused-ring (bicyclic) bond motifs is 1. The molecule has 0 unspecified atom stereocenters. The third-order valence-corrected chi connectivity index (χ3v) is 4.97. The van der Waals surface area contributed by atoms with Gasteiger partial charge in [0.05, 0.1) is 10.5 Å². The van der Waals surface area contributed by atoms with Gasteiger partial charge >= 0.3 is 0 Å². The molecule has 114 valence electrons. The zero-order chi connectivity index (χ0) is 14.7. The topological polar surface area (TPSA) is 17.0 Å². The molecule has 1 saturated carbocycles. The van der Waals surface area contributed by atoms with Crippen molar-refractivity contribution in [3.05, 3.63) is 34.4 Å². The van der Waals surface area contributed by atoms with Gasteiger partial charge in [-0.15, -0.1) is 0 Å². The molecule has 21 heavy (non-hydrogen) atoms. The lowest BCUT2D eigenvalue weighted by Gasteiger charge is -2.16. The van der Waals surface area contributed by atoms with Gasteiger partial charge in [0, 0.05) is 35.7 Å². The summed E-state index contributed by atoms with van der Waals surface area (Å²) in [7, 11) is 0. The van der Waals surface area contributed by atoms with E-state index >= 15 is 0 Å². The van der Waals surface area contributed by atoms with E-state index in [1.807, 2.05) is 6.07 Å². The molecule has 2 nitrogen and oxygen atoms in total. The minimum Gasteiger partial charge on any atom is -0.346 e. The molecule has 1 aromatic carbocycles. The van der Waals surface area contributed by atoms with E-state index in [-0.39, 0.29) is 0 Å². The monoisotopic (exact) mass is 324 g/mol. The molecule has 0 saturated heterocycles. The average Bonchev–Trinajstić information content (AvgIpc) is 2.69. The molecule has 0 atom stereocenters. The summed E-state index contributed by atoms with van der Waals surface area (Å²) >= 11 is 12.3. The lowest BCUT2D eigenvalue weighted by Crippen LogP contribution is -2.31. The third kappa shape index (κ3) is 3.74. The van der Waals surface area contributed by atoms with Crippen molar-refractivity contribution < 1.29 is 0 Å². The van der Waals surface area contributed by atoms with Crippen LogP contribution in [0.2, 0.25) is 10.0 Å². The second kappa shape index (κ2) is 7.04. The van der Waals surface area contributed by atoms with Crippen molar-refractivity contribution >= 4 is 34.1 Å². The van der Waals surface area contributed by atoms with Crippen LogP contribution in [0.5, 0.6) is 0 Å². The molecule has 0 bridgehead atoms. The molecule has 1 N–H and O–H groups in total. The van der Waals surface area contributed by atoms with Crippen molar-refractivity contribution in [2.24, 2.45) is 0 Å². The predicted octanol–water partition coefficient (Wildman–Crippen LogP) is 5.26. The minimum atomic E-state index is 0.696. The van der Waals surface area contributed by atoms with Gasteiger partial charge in [0.15, 0.2) is 0 Å². The van der Waals surface area contributed by atoms with Crippen molar-refractivity contribution in [1.29, 1.82) is 0 Å². The van der Waals surface area contributed by atoms with Crippen LogP contribution in [0.3, 0.4) is 0 Å². The molecule has 1 heterocycles. The number of nitrogens with one attached hydrogen (secondary N) is 1. The summed E-state index contributed by atoms with van der Waals surface area (Å²) in [6.45, 7) is 1.95. The summed E-state index contributed by atoms with van der Waals surface area (Å²) in [5.41, 5.74) is 1.12. The van der Waals surface area contributed by atoms with Crippen LogP contribution in [0, 0.1) is 0 Å². The summed E-state index contributed by atoms with van der Waals surface area (Å²) in [5.74, 6) is 0. The Balaban J connectivity index is 1.62. The van der Waals surface area contributed by atoms with Crippen LogP contribution in [0.15, 0.2) is 24.4 Å². The molecule has 0 radical (unpaired) electrons. The summed E-state index contributed by atoms with van der Waals surface area (Å²) in [6, 6.07) is 6.56. The van der Waals surface area contributed by atoms with Crippen molar-refractivity contribution in [3.63, 3.8) is 0 Å². The Labute approximate surface area is 136 Å². The quantitative estimate of drug-likeness (QED) is 0.759. The molecule has 0 spiro atoms. The highest BCUT2D eigenvalue weighted by atomic mass is 35.5. The molecule has 1 aliphatic carbocycles. The minimum absolute atomic E-state index is 0.696. The smallest absolute Gasteiger partial charge is 0.0514 e. The highest BCUT2D eigenvalue weighted by molar-refractivity contribution is 6.38. The summed E-state index contributed by atoms with van der Waals surface area (Å²) in [5, 5.41) is 6.21. The SMILES string of the molecule is Clc1cc(Cl)c2ccn(CCNC3CCCCCC3)c2c1. The number of benzene rings is 1. The molecule has 4 heteroatoms. The van der Waals surface area contributed by atoms with Crippen LogP contribution in [0.1, 0.15) is 38.5 Å². The molecule has 2 aromatic rings. The van der Waals surface area contributed by atoms with Gasteiger partial charge in [-0.25, -0.2) is 0 Å². The van der Waals surface area contributed by atoms with Gasteiger partial charge in [0.1, 0.15) is 0 Å². The standard InChI is InChI=1S/C17H22Cl2N2/c18-13-11-16(19)15-7-9-21(17(15)12-13)10-8-20-14-5-3-1-2-4-6-14/h7,9,11-12,14,20H,1-6,8,10H2. The maximum absolute atomic E-state index is 6.24. The Bertz CT molecular complexity index is 598. The fourth-order valence-corrected chi connectivity index (χ4v) is 3.83. The second-order valence-corrected chi connectivity index (χ2v) is 6.82. The van der Waals surface area contributed by atoms with E-state index in [4.69, 9.17) is 23.2 Å². The van der Waals surface area contributed by atoms with Gasteiger partial charge in [0.2, 0.25) is 0 Å². The second-order valence-electron chi connectivity index (χ2n) is 5.97. The Kier molecular flexibility index (Phi) is 5.10. The van der Waals surface area contributed by atoms with E-state index < -0.39 is 0 Å².